The Morgan fingerprint density at radius 3 is 1.76 bits per heavy atom. The molecule has 8 aromatic carbocycles. The topological polar surface area (TPSA) is 50.9 Å². The summed E-state index contributed by atoms with van der Waals surface area (Å²) in [5.74, 6) is 0.843. The van der Waals surface area contributed by atoms with Gasteiger partial charge in [-0.3, -0.25) is 9.55 Å². The Balaban J connectivity index is 1.27. The van der Waals surface area contributed by atoms with Gasteiger partial charge >= 0.3 is 0 Å². The van der Waals surface area contributed by atoms with Crippen LogP contribution in [0, 0.1) is 13.8 Å². The highest BCUT2D eigenvalue weighted by molar-refractivity contribution is 5.99. The van der Waals surface area contributed by atoms with Crippen LogP contribution in [0.3, 0.4) is 0 Å². The summed E-state index contributed by atoms with van der Waals surface area (Å²) in [6, 6.07) is 59.1. The molecule has 2 aromatic heterocycles. The molecule has 0 amide bonds. The van der Waals surface area contributed by atoms with Crippen LogP contribution in [0.1, 0.15) is 67.9 Å². The van der Waals surface area contributed by atoms with Crippen molar-refractivity contribution >= 4 is 11.0 Å². The fourth-order valence-electron chi connectivity index (χ4n) is 9.49. The lowest BCUT2D eigenvalue weighted by Gasteiger charge is -2.27. The van der Waals surface area contributed by atoms with Crippen LogP contribution in [0.4, 0.5) is 0 Å². The van der Waals surface area contributed by atoms with Crippen molar-refractivity contribution in [2.45, 2.75) is 66.2 Å². The number of imidazole rings is 1. The maximum atomic E-state index is 12.6. The third-order valence-corrected chi connectivity index (χ3v) is 13.1. The van der Waals surface area contributed by atoms with Crippen molar-refractivity contribution in [3.05, 3.63) is 216 Å². The first-order valence-corrected chi connectivity index (χ1v) is 23.4. The molecule has 0 fully saturated rings. The molecular weight excluding hydrogens is 827 g/mol. The molecule has 0 aliphatic rings. The number of nitrogens with zero attached hydrogens (tertiary/aromatic N) is 3. The van der Waals surface area contributed by atoms with Crippen LogP contribution in [0.2, 0.25) is 0 Å². The van der Waals surface area contributed by atoms with Crippen molar-refractivity contribution in [3.8, 4) is 89.7 Å². The Bertz CT molecular complexity index is 3630. The van der Waals surface area contributed by atoms with E-state index in [1.54, 1.807) is 6.20 Å². The fraction of sp³-hybridized carbons (Fsp3) is 0.156. The molecular formula is C64H57N3O. The lowest BCUT2D eigenvalue weighted by Crippen LogP contribution is -2.17. The normalized spacial score (nSPS) is 12.5. The summed E-state index contributed by atoms with van der Waals surface area (Å²) in [7, 11) is 0. The Kier molecular flexibility index (Phi) is 10.4. The standard InChI is InChI=1S/C64H57N3O/c1-41-20-18-21-42(2)59(41)47-32-33-65-56(38-47)50-35-48(44-24-14-10-15-25-44)34-49(36-50)52-28-19-29-58-60(52)66-62(54-39-51(63(3,4)5)40-55(61(54)68)64(6,7)8)67(58)57-31-30-46(43-22-12-9-13-23-43)37-53(57)45-26-16-11-17-27-45/h9-40,68H,1-8H3/i18D,20D,21D. The van der Waals surface area contributed by atoms with Gasteiger partial charge in [0.25, 0.3) is 0 Å². The van der Waals surface area contributed by atoms with E-state index >= 15 is 0 Å². The summed E-state index contributed by atoms with van der Waals surface area (Å²) in [5.41, 5.74) is 17.4. The average molecular weight is 887 g/mol. The van der Waals surface area contributed by atoms with E-state index in [4.69, 9.17) is 14.1 Å². The van der Waals surface area contributed by atoms with E-state index in [0.717, 1.165) is 94.7 Å². The molecule has 4 heteroatoms. The zero-order valence-electron chi connectivity index (χ0n) is 43.0. The van der Waals surface area contributed by atoms with Gasteiger partial charge in [0.2, 0.25) is 0 Å². The van der Waals surface area contributed by atoms with Crippen LogP contribution in [0.5, 0.6) is 5.75 Å². The SMILES string of the molecule is [2H]c1c([2H])c(C)c(-c2ccnc(-c3cc(-c4ccccc4)cc(-c4cccc5c4nc(-c4cc(C(C)(C)C)cc(C(C)(C)C)c4O)n5-c4ccc(-c5ccccc5)cc4-c4ccccc4)c3)c2)c(C)c1[2H]. The first-order chi connectivity index (χ1) is 34.0. The van der Waals surface area contributed by atoms with E-state index in [-0.39, 0.29) is 34.7 Å². The first-order valence-electron chi connectivity index (χ1n) is 24.9. The van der Waals surface area contributed by atoms with Crippen molar-refractivity contribution in [2.24, 2.45) is 0 Å². The second-order valence-electron chi connectivity index (χ2n) is 19.9. The zero-order chi connectivity index (χ0) is 49.9. The van der Waals surface area contributed by atoms with Gasteiger partial charge in [0, 0.05) is 28.5 Å². The van der Waals surface area contributed by atoms with Crippen LogP contribution in [-0.4, -0.2) is 19.6 Å². The molecule has 0 unspecified atom stereocenters. The quantitative estimate of drug-likeness (QED) is 0.165. The molecule has 0 saturated heterocycles. The number of hydrogen-bond donors (Lipinski definition) is 1. The second kappa shape index (κ2) is 17.4. The number of benzene rings is 8. The van der Waals surface area contributed by atoms with E-state index < -0.39 is 0 Å². The zero-order valence-corrected chi connectivity index (χ0v) is 40.0. The van der Waals surface area contributed by atoms with Gasteiger partial charge in [0.15, 0.2) is 0 Å². The van der Waals surface area contributed by atoms with Crippen LogP contribution in [0.25, 0.3) is 95.0 Å². The van der Waals surface area contributed by atoms with Crippen LogP contribution >= 0.6 is 0 Å². The third kappa shape index (κ3) is 8.32. The van der Waals surface area contributed by atoms with E-state index in [1.165, 1.54) is 0 Å². The number of phenols is 1. The van der Waals surface area contributed by atoms with E-state index in [9.17, 15) is 5.11 Å². The molecule has 4 nitrogen and oxygen atoms in total. The molecule has 0 atom stereocenters. The van der Waals surface area contributed by atoms with Gasteiger partial charge in [-0.1, -0.05) is 175 Å². The van der Waals surface area contributed by atoms with Gasteiger partial charge in [-0.25, -0.2) is 4.98 Å². The van der Waals surface area contributed by atoms with Gasteiger partial charge in [-0.15, -0.1) is 0 Å². The maximum Gasteiger partial charge on any atom is 0.149 e. The molecule has 0 aliphatic heterocycles. The van der Waals surface area contributed by atoms with Crippen molar-refractivity contribution in [2.75, 3.05) is 0 Å². The van der Waals surface area contributed by atoms with Crippen LogP contribution < -0.4 is 0 Å². The Morgan fingerprint density at radius 1 is 0.500 bits per heavy atom. The molecule has 0 radical (unpaired) electrons. The van der Waals surface area contributed by atoms with Gasteiger partial charge < -0.3 is 5.11 Å². The average Bonchev–Trinajstić information content (AvgIpc) is 3.77. The largest absolute Gasteiger partial charge is 0.507 e. The van der Waals surface area contributed by atoms with Crippen molar-refractivity contribution < 1.29 is 9.22 Å². The predicted molar refractivity (Wildman–Crippen MR) is 285 cm³/mol. The van der Waals surface area contributed by atoms with Gasteiger partial charge in [-0.05, 0) is 140 Å². The molecule has 0 spiro atoms. The second-order valence-corrected chi connectivity index (χ2v) is 19.9. The van der Waals surface area contributed by atoms with E-state index in [1.807, 2.05) is 56.3 Å². The summed E-state index contributed by atoms with van der Waals surface area (Å²) >= 11 is 0. The minimum atomic E-state index is -0.371. The van der Waals surface area contributed by atoms with Crippen molar-refractivity contribution in [1.82, 2.24) is 14.5 Å². The van der Waals surface area contributed by atoms with E-state index in [0.29, 0.717) is 22.5 Å². The summed E-state index contributed by atoms with van der Waals surface area (Å²) < 4.78 is 28.0. The van der Waals surface area contributed by atoms with Crippen molar-refractivity contribution in [3.63, 3.8) is 0 Å². The van der Waals surface area contributed by atoms with Gasteiger partial charge in [-0.2, -0.15) is 0 Å². The highest BCUT2D eigenvalue weighted by Crippen LogP contribution is 2.46. The molecule has 0 aliphatic carbocycles. The molecule has 334 valence electrons. The lowest BCUT2D eigenvalue weighted by atomic mass is 9.79. The Hall–Kier alpha value is -7.82. The number of pyridine rings is 1. The summed E-state index contributed by atoms with van der Waals surface area (Å²) in [6.45, 7) is 16.8. The number of fused-ring (bicyclic) bond motifs is 1. The summed E-state index contributed by atoms with van der Waals surface area (Å²) in [5, 5.41) is 12.6. The Morgan fingerprint density at radius 2 is 1.12 bits per heavy atom. The first kappa shape index (κ1) is 40.5. The Labute approximate surface area is 405 Å². The highest BCUT2D eigenvalue weighted by atomic mass is 16.3. The molecule has 10 rings (SSSR count). The molecule has 1 N–H and O–H groups in total. The smallest absolute Gasteiger partial charge is 0.149 e. The minimum absolute atomic E-state index is 0.0605. The van der Waals surface area contributed by atoms with Crippen LogP contribution in [-0.2, 0) is 10.8 Å². The number of phenolic OH excluding ortho intramolecular Hbond substituents is 1. The lowest BCUT2D eigenvalue weighted by molar-refractivity contribution is 0.446. The maximum absolute atomic E-state index is 12.6. The summed E-state index contributed by atoms with van der Waals surface area (Å²) in [4.78, 5) is 10.6. The predicted octanol–water partition coefficient (Wildman–Crippen LogP) is 17.0. The third-order valence-electron chi connectivity index (χ3n) is 13.1. The highest BCUT2D eigenvalue weighted by Gasteiger charge is 2.29. The van der Waals surface area contributed by atoms with Gasteiger partial charge in [0.05, 0.1) is 32.1 Å². The molecule has 2 heterocycles. The summed E-state index contributed by atoms with van der Waals surface area (Å²) in [6.07, 6.45) is 1.78. The number of aromatic hydroxyl groups is 1. The van der Waals surface area contributed by atoms with Crippen molar-refractivity contribution in [1.29, 1.82) is 0 Å². The minimum Gasteiger partial charge on any atom is -0.507 e. The molecule has 0 saturated carbocycles. The van der Waals surface area contributed by atoms with Crippen LogP contribution in [0.15, 0.2) is 194 Å². The molecule has 68 heavy (non-hydrogen) atoms. The fourth-order valence-corrected chi connectivity index (χ4v) is 9.49. The van der Waals surface area contributed by atoms with E-state index in [2.05, 4.69) is 174 Å². The molecule has 10 aromatic rings. The number of rotatable bonds is 8. The monoisotopic (exact) mass is 886 g/mol. The number of para-hydroxylation sites is 1. The number of hydrogen-bond acceptors (Lipinski definition) is 3. The van der Waals surface area contributed by atoms with Gasteiger partial charge in [0.1, 0.15) is 11.6 Å². The molecule has 0 bridgehead atoms. The number of aromatic nitrogens is 3.